The molecule has 0 aromatic carbocycles. The summed E-state index contributed by atoms with van der Waals surface area (Å²) in [5.74, 6) is -2.55. The molecule has 22 heavy (non-hydrogen) atoms. The molecule has 8 nitrogen and oxygen atoms in total. The van der Waals surface area contributed by atoms with Crippen molar-refractivity contribution >= 4 is 23.8 Å². The van der Waals surface area contributed by atoms with Gasteiger partial charge in [0.1, 0.15) is 17.7 Å². The maximum Gasteiger partial charge on any atom is 0.326 e. The fourth-order valence-corrected chi connectivity index (χ4v) is 2.00. The number of carboxylic acids is 1. The van der Waals surface area contributed by atoms with Crippen molar-refractivity contribution in [1.82, 2.24) is 10.6 Å². The SMILES string of the molecule is CC(C)(C)OC(=O)CC[C@H](NC(=O)[C@@H]1CCC(=O)N1)C(=O)O. The molecule has 8 heteroatoms. The number of rotatable bonds is 6. The van der Waals surface area contributed by atoms with Gasteiger partial charge >= 0.3 is 11.9 Å². The molecule has 0 aromatic rings. The number of carbonyl (C=O) groups excluding carboxylic acids is 3. The van der Waals surface area contributed by atoms with Gasteiger partial charge in [-0.05, 0) is 33.6 Å². The number of amides is 2. The van der Waals surface area contributed by atoms with Crippen molar-refractivity contribution in [3.05, 3.63) is 0 Å². The number of esters is 1. The molecule has 1 fully saturated rings. The summed E-state index contributed by atoms with van der Waals surface area (Å²) in [5, 5.41) is 13.9. The molecule has 124 valence electrons. The third kappa shape index (κ3) is 6.11. The summed E-state index contributed by atoms with van der Waals surface area (Å²) in [4.78, 5) is 45.7. The van der Waals surface area contributed by atoms with Gasteiger partial charge in [0, 0.05) is 12.8 Å². The molecule has 1 saturated heterocycles. The van der Waals surface area contributed by atoms with Gasteiger partial charge in [-0.3, -0.25) is 14.4 Å². The maximum absolute atomic E-state index is 11.9. The van der Waals surface area contributed by atoms with Gasteiger partial charge in [0.2, 0.25) is 11.8 Å². The Labute approximate surface area is 128 Å². The fourth-order valence-electron chi connectivity index (χ4n) is 2.00. The predicted molar refractivity (Wildman–Crippen MR) is 75.8 cm³/mol. The summed E-state index contributed by atoms with van der Waals surface area (Å²) < 4.78 is 5.09. The van der Waals surface area contributed by atoms with E-state index in [4.69, 9.17) is 9.84 Å². The lowest BCUT2D eigenvalue weighted by Crippen LogP contribution is -2.49. The number of hydrogen-bond acceptors (Lipinski definition) is 5. The molecule has 0 saturated carbocycles. The van der Waals surface area contributed by atoms with Gasteiger partial charge in [-0.25, -0.2) is 4.79 Å². The topological polar surface area (TPSA) is 122 Å². The molecule has 0 aromatic heterocycles. The average molecular weight is 314 g/mol. The van der Waals surface area contributed by atoms with Crippen molar-refractivity contribution in [2.24, 2.45) is 0 Å². The number of carboxylic acid groups (broad SMARTS) is 1. The van der Waals surface area contributed by atoms with Gasteiger partial charge < -0.3 is 20.5 Å². The first-order valence-electron chi connectivity index (χ1n) is 7.13. The van der Waals surface area contributed by atoms with Gasteiger partial charge in [0.15, 0.2) is 0 Å². The molecule has 1 heterocycles. The predicted octanol–water partition coefficient (Wildman–Crippen LogP) is -0.0437. The zero-order valence-corrected chi connectivity index (χ0v) is 13.0. The van der Waals surface area contributed by atoms with Crippen LogP contribution in [0.4, 0.5) is 0 Å². The summed E-state index contributed by atoms with van der Waals surface area (Å²) in [6, 6.07) is -1.91. The smallest absolute Gasteiger partial charge is 0.326 e. The van der Waals surface area contributed by atoms with Gasteiger partial charge in [-0.2, -0.15) is 0 Å². The zero-order chi connectivity index (χ0) is 16.9. The van der Waals surface area contributed by atoms with Crippen LogP contribution in [0.3, 0.4) is 0 Å². The van der Waals surface area contributed by atoms with Crippen LogP contribution in [0.25, 0.3) is 0 Å². The van der Waals surface area contributed by atoms with Gasteiger partial charge in [-0.1, -0.05) is 0 Å². The summed E-state index contributed by atoms with van der Waals surface area (Å²) in [7, 11) is 0. The molecule has 2 atom stereocenters. The first-order valence-corrected chi connectivity index (χ1v) is 7.13. The first kappa shape index (κ1) is 17.9. The Morgan fingerprint density at radius 3 is 2.50 bits per heavy atom. The molecule has 0 bridgehead atoms. The molecule has 0 radical (unpaired) electrons. The molecular formula is C14H22N2O6. The van der Waals surface area contributed by atoms with E-state index in [1.165, 1.54) is 0 Å². The van der Waals surface area contributed by atoms with Crippen molar-refractivity contribution in [3.8, 4) is 0 Å². The van der Waals surface area contributed by atoms with E-state index in [0.717, 1.165) is 0 Å². The maximum atomic E-state index is 11.9. The quantitative estimate of drug-likeness (QED) is 0.591. The Kier molecular flexibility index (Phi) is 5.90. The minimum absolute atomic E-state index is 0.0728. The zero-order valence-electron chi connectivity index (χ0n) is 13.0. The summed E-state index contributed by atoms with van der Waals surface area (Å²) >= 11 is 0. The normalized spacial score (nSPS) is 19.2. The van der Waals surface area contributed by atoms with E-state index < -0.39 is 35.5 Å². The number of aliphatic carboxylic acids is 1. The van der Waals surface area contributed by atoms with Crippen LogP contribution in [0.15, 0.2) is 0 Å². The van der Waals surface area contributed by atoms with E-state index in [1.54, 1.807) is 20.8 Å². The lowest BCUT2D eigenvalue weighted by Gasteiger charge is -2.21. The number of ether oxygens (including phenoxy) is 1. The third-order valence-electron chi connectivity index (χ3n) is 2.98. The van der Waals surface area contributed by atoms with Crippen molar-refractivity contribution in [2.45, 2.75) is 64.1 Å². The Morgan fingerprint density at radius 2 is 2.05 bits per heavy atom. The molecule has 0 unspecified atom stereocenters. The number of nitrogens with one attached hydrogen (secondary N) is 2. The van der Waals surface area contributed by atoms with Crippen molar-refractivity contribution < 1.29 is 29.0 Å². The highest BCUT2D eigenvalue weighted by Crippen LogP contribution is 2.11. The summed E-state index contributed by atoms with van der Waals surface area (Å²) in [6.07, 6.45) is 0.388. The standard InChI is InChI=1S/C14H22N2O6/c1-14(2,3)22-11(18)7-5-9(13(20)21)16-12(19)8-4-6-10(17)15-8/h8-9H,4-7H2,1-3H3,(H,15,17)(H,16,19)(H,20,21)/t8-,9-/m0/s1. The Hall–Kier alpha value is -2.12. The van der Waals surface area contributed by atoms with Gasteiger partial charge in [0.25, 0.3) is 0 Å². The van der Waals surface area contributed by atoms with E-state index in [2.05, 4.69) is 10.6 Å². The molecule has 0 aliphatic carbocycles. The lowest BCUT2D eigenvalue weighted by molar-refractivity contribution is -0.155. The lowest BCUT2D eigenvalue weighted by atomic mass is 10.1. The van der Waals surface area contributed by atoms with Crippen LogP contribution in [0.5, 0.6) is 0 Å². The molecule has 3 N–H and O–H groups in total. The van der Waals surface area contributed by atoms with Crippen LogP contribution < -0.4 is 10.6 Å². The van der Waals surface area contributed by atoms with E-state index in [0.29, 0.717) is 6.42 Å². The minimum atomic E-state index is -1.23. The van der Waals surface area contributed by atoms with Crippen LogP contribution in [0.1, 0.15) is 46.5 Å². The number of hydrogen-bond donors (Lipinski definition) is 3. The van der Waals surface area contributed by atoms with Crippen LogP contribution in [0, 0.1) is 0 Å². The van der Waals surface area contributed by atoms with E-state index in [1.807, 2.05) is 0 Å². The Balaban J connectivity index is 2.48. The molecule has 2 amide bonds. The van der Waals surface area contributed by atoms with Crippen LogP contribution in [-0.4, -0.2) is 46.5 Å². The summed E-state index contributed by atoms with van der Waals surface area (Å²) in [6.45, 7) is 5.14. The summed E-state index contributed by atoms with van der Waals surface area (Å²) in [5.41, 5.74) is -0.646. The highest BCUT2D eigenvalue weighted by atomic mass is 16.6. The van der Waals surface area contributed by atoms with Crippen LogP contribution >= 0.6 is 0 Å². The highest BCUT2D eigenvalue weighted by molar-refractivity contribution is 5.92. The monoisotopic (exact) mass is 314 g/mol. The third-order valence-corrected chi connectivity index (χ3v) is 2.98. The largest absolute Gasteiger partial charge is 0.480 e. The van der Waals surface area contributed by atoms with Crippen molar-refractivity contribution in [1.29, 1.82) is 0 Å². The molecule has 0 spiro atoms. The molecular weight excluding hydrogens is 292 g/mol. The van der Waals surface area contributed by atoms with E-state index in [9.17, 15) is 19.2 Å². The highest BCUT2D eigenvalue weighted by Gasteiger charge is 2.30. The fraction of sp³-hybridized carbons (Fsp3) is 0.714. The first-order chi connectivity index (χ1) is 10.1. The molecule has 1 aliphatic rings. The van der Waals surface area contributed by atoms with E-state index in [-0.39, 0.29) is 25.2 Å². The second kappa shape index (κ2) is 7.24. The van der Waals surface area contributed by atoms with Gasteiger partial charge in [-0.15, -0.1) is 0 Å². The number of carbonyl (C=O) groups is 4. The molecule has 1 rings (SSSR count). The second-order valence-electron chi connectivity index (χ2n) is 6.18. The minimum Gasteiger partial charge on any atom is -0.480 e. The van der Waals surface area contributed by atoms with Crippen molar-refractivity contribution in [2.75, 3.05) is 0 Å². The van der Waals surface area contributed by atoms with E-state index >= 15 is 0 Å². The van der Waals surface area contributed by atoms with Crippen LogP contribution in [-0.2, 0) is 23.9 Å². The Bertz CT molecular complexity index is 468. The molecule has 1 aliphatic heterocycles. The second-order valence-corrected chi connectivity index (χ2v) is 6.18. The van der Waals surface area contributed by atoms with Crippen LogP contribution in [0.2, 0.25) is 0 Å². The average Bonchev–Trinajstić information content (AvgIpc) is 2.78. The Morgan fingerprint density at radius 1 is 1.41 bits per heavy atom. The van der Waals surface area contributed by atoms with Gasteiger partial charge in [0.05, 0.1) is 0 Å². The van der Waals surface area contributed by atoms with Crippen molar-refractivity contribution in [3.63, 3.8) is 0 Å².